The number of rotatable bonds is 9. The number of amides is 1. The van der Waals surface area contributed by atoms with Gasteiger partial charge in [-0.05, 0) is 82.9 Å². The van der Waals surface area contributed by atoms with Crippen molar-refractivity contribution in [2.24, 2.45) is 16.6 Å². The van der Waals surface area contributed by atoms with Gasteiger partial charge in [-0.15, -0.1) is 0 Å². The van der Waals surface area contributed by atoms with Gasteiger partial charge in [-0.1, -0.05) is 58.0 Å². The number of halogens is 1. The maximum Gasteiger partial charge on any atom is 0.255 e. The molecule has 0 bridgehead atoms. The number of hydrogen-bond acceptors (Lipinski definition) is 6. The summed E-state index contributed by atoms with van der Waals surface area (Å²) in [5, 5.41) is 0. The van der Waals surface area contributed by atoms with Crippen LogP contribution >= 0.6 is 22.6 Å². The molecule has 0 saturated heterocycles. The molecule has 2 aromatic rings. The Morgan fingerprint density at radius 1 is 0.930 bits per heavy atom. The molecule has 0 fully saturated rings. The Labute approximate surface area is 268 Å². The SMILES string of the molecule is CCOc1cc(C2C3=C(CC(C)(C)CC3=O)N(CCc3ccccc3)C3=C2C(=O)CC(C)(C)C3)cc(I)c1OCC(N)=O. The fourth-order valence-corrected chi connectivity index (χ4v) is 7.62. The minimum absolute atomic E-state index is 0.0900. The summed E-state index contributed by atoms with van der Waals surface area (Å²) in [6.07, 6.45) is 3.15. The topological polar surface area (TPSA) is 98.9 Å². The van der Waals surface area contributed by atoms with E-state index in [9.17, 15) is 14.4 Å². The maximum atomic E-state index is 14.2. The minimum atomic E-state index is -0.583. The van der Waals surface area contributed by atoms with Gasteiger partial charge in [0.1, 0.15) is 0 Å². The molecule has 1 amide bonds. The molecular formula is C35H41IN2O5. The first kappa shape index (κ1) is 31.3. The molecule has 1 aliphatic heterocycles. The highest BCUT2D eigenvalue weighted by molar-refractivity contribution is 14.1. The number of nitrogens with two attached hydrogens (primary N) is 1. The molecule has 43 heavy (non-hydrogen) atoms. The molecule has 0 radical (unpaired) electrons. The van der Waals surface area contributed by atoms with Crippen LogP contribution in [0.1, 0.15) is 77.3 Å². The lowest BCUT2D eigenvalue weighted by molar-refractivity contribution is -0.121. The molecule has 2 aromatic carbocycles. The summed E-state index contributed by atoms with van der Waals surface area (Å²) in [5.74, 6) is -0.00223. The third kappa shape index (κ3) is 6.54. The Balaban J connectivity index is 1.71. The van der Waals surface area contributed by atoms with Crippen molar-refractivity contribution in [1.29, 1.82) is 0 Å². The average molecular weight is 697 g/mol. The Bertz CT molecular complexity index is 1470. The highest BCUT2D eigenvalue weighted by atomic mass is 127. The average Bonchev–Trinajstić information content (AvgIpc) is 2.90. The van der Waals surface area contributed by atoms with Gasteiger partial charge in [0.15, 0.2) is 29.7 Å². The lowest BCUT2D eigenvalue weighted by Crippen LogP contribution is -2.45. The Morgan fingerprint density at radius 3 is 2.05 bits per heavy atom. The number of primary amides is 1. The molecule has 2 aliphatic carbocycles. The van der Waals surface area contributed by atoms with Crippen molar-refractivity contribution in [3.8, 4) is 11.5 Å². The molecule has 2 N–H and O–H groups in total. The molecule has 0 atom stereocenters. The van der Waals surface area contributed by atoms with E-state index in [-0.39, 0.29) is 29.0 Å². The number of nitrogens with zero attached hydrogens (tertiary/aromatic N) is 1. The lowest BCUT2D eigenvalue weighted by Gasteiger charge is -2.49. The van der Waals surface area contributed by atoms with Crippen LogP contribution in [0.25, 0.3) is 0 Å². The second-order valence-corrected chi connectivity index (χ2v) is 14.6. The van der Waals surface area contributed by atoms with E-state index < -0.39 is 11.8 Å². The molecule has 0 saturated carbocycles. The Hall–Kier alpha value is -3.14. The number of allylic oxidation sites excluding steroid dienone is 4. The summed E-state index contributed by atoms with van der Waals surface area (Å²) >= 11 is 2.17. The fraction of sp³-hybridized carbons (Fsp3) is 0.457. The van der Waals surface area contributed by atoms with Gasteiger partial charge in [-0.2, -0.15) is 0 Å². The van der Waals surface area contributed by atoms with Crippen molar-refractivity contribution in [2.75, 3.05) is 19.8 Å². The van der Waals surface area contributed by atoms with E-state index in [0.717, 1.165) is 50.9 Å². The summed E-state index contributed by atoms with van der Waals surface area (Å²) < 4.78 is 12.5. The van der Waals surface area contributed by atoms with E-state index >= 15 is 0 Å². The summed E-state index contributed by atoms with van der Waals surface area (Å²) in [6, 6.07) is 14.2. The van der Waals surface area contributed by atoms with Gasteiger partial charge < -0.3 is 20.1 Å². The second-order valence-electron chi connectivity index (χ2n) is 13.4. The highest BCUT2D eigenvalue weighted by Crippen LogP contribution is 2.55. The molecule has 228 valence electrons. The van der Waals surface area contributed by atoms with Gasteiger partial charge >= 0.3 is 0 Å². The van der Waals surface area contributed by atoms with E-state index in [4.69, 9.17) is 15.2 Å². The lowest BCUT2D eigenvalue weighted by atomic mass is 9.63. The summed E-state index contributed by atoms with van der Waals surface area (Å²) in [7, 11) is 0. The van der Waals surface area contributed by atoms with Crippen LogP contribution in [-0.4, -0.2) is 42.1 Å². The van der Waals surface area contributed by atoms with Crippen LogP contribution in [0.4, 0.5) is 0 Å². The van der Waals surface area contributed by atoms with Crippen LogP contribution in [-0.2, 0) is 20.8 Å². The van der Waals surface area contributed by atoms with Crippen molar-refractivity contribution >= 4 is 40.1 Å². The normalized spacial score (nSPS) is 19.7. The monoisotopic (exact) mass is 696 g/mol. The van der Waals surface area contributed by atoms with Gasteiger partial charge in [-0.3, -0.25) is 14.4 Å². The van der Waals surface area contributed by atoms with Crippen LogP contribution < -0.4 is 15.2 Å². The molecule has 1 heterocycles. The van der Waals surface area contributed by atoms with E-state index in [2.05, 4.69) is 67.3 Å². The number of benzene rings is 2. The number of carbonyl (C=O) groups is 3. The van der Waals surface area contributed by atoms with E-state index in [0.29, 0.717) is 37.5 Å². The maximum absolute atomic E-state index is 14.2. The first-order valence-electron chi connectivity index (χ1n) is 15.0. The van der Waals surface area contributed by atoms with Crippen LogP contribution in [0.5, 0.6) is 11.5 Å². The smallest absolute Gasteiger partial charge is 0.255 e. The predicted octanol–water partition coefficient (Wildman–Crippen LogP) is 6.48. The predicted molar refractivity (Wildman–Crippen MR) is 175 cm³/mol. The molecular weight excluding hydrogens is 655 g/mol. The number of carbonyl (C=O) groups excluding carboxylic acids is 3. The summed E-state index contributed by atoms with van der Waals surface area (Å²) in [6.45, 7) is 11.3. The van der Waals surface area contributed by atoms with Crippen LogP contribution in [0, 0.1) is 14.4 Å². The van der Waals surface area contributed by atoms with Crippen molar-refractivity contribution in [3.05, 3.63) is 79.7 Å². The van der Waals surface area contributed by atoms with Gasteiger partial charge in [-0.25, -0.2) is 0 Å². The van der Waals surface area contributed by atoms with E-state index in [1.54, 1.807) is 0 Å². The molecule has 0 aromatic heterocycles. The van der Waals surface area contributed by atoms with E-state index in [1.807, 2.05) is 37.3 Å². The minimum Gasteiger partial charge on any atom is -0.490 e. The molecule has 0 spiro atoms. The Morgan fingerprint density at radius 2 is 1.51 bits per heavy atom. The van der Waals surface area contributed by atoms with Gasteiger partial charge in [0.2, 0.25) is 0 Å². The third-order valence-electron chi connectivity index (χ3n) is 8.51. The van der Waals surface area contributed by atoms with Crippen molar-refractivity contribution in [3.63, 3.8) is 0 Å². The zero-order chi connectivity index (χ0) is 31.1. The van der Waals surface area contributed by atoms with Gasteiger partial charge in [0, 0.05) is 47.8 Å². The Kier molecular flexibility index (Phi) is 8.80. The largest absolute Gasteiger partial charge is 0.490 e. The summed E-state index contributed by atoms with van der Waals surface area (Å²) in [5.41, 5.74) is 10.5. The van der Waals surface area contributed by atoms with Crippen molar-refractivity contribution in [1.82, 2.24) is 4.90 Å². The number of ether oxygens (including phenoxy) is 2. The van der Waals surface area contributed by atoms with Crippen LogP contribution in [0.15, 0.2) is 65.0 Å². The standard InChI is InChI=1S/C35H41IN2O5/c1-6-42-28-15-22(14-23(36)33(28)43-20-29(37)41)30-31-24(16-34(2,3)18-26(31)39)38(13-12-21-10-8-7-9-11-21)25-17-35(4,5)19-27(40)32(25)30/h7-11,14-15,30H,6,12-13,16-20H2,1-5H3,(H2,37,41). The van der Waals surface area contributed by atoms with Crippen LogP contribution in [0.3, 0.4) is 0 Å². The number of ketones is 2. The second kappa shape index (κ2) is 12.1. The highest BCUT2D eigenvalue weighted by Gasteiger charge is 2.49. The molecule has 3 aliphatic rings. The van der Waals surface area contributed by atoms with Crippen molar-refractivity contribution < 1.29 is 23.9 Å². The number of Topliss-reactive ketones (excluding diaryl/α,β-unsaturated/α-hetero) is 2. The third-order valence-corrected chi connectivity index (χ3v) is 9.31. The fourth-order valence-electron chi connectivity index (χ4n) is 6.84. The van der Waals surface area contributed by atoms with Gasteiger partial charge in [0.25, 0.3) is 5.91 Å². The quantitative estimate of drug-likeness (QED) is 0.302. The summed E-state index contributed by atoms with van der Waals surface area (Å²) in [4.78, 5) is 42.2. The zero-order valence-electron chi connectivity index (χ0n) is 25.7. The van der Waals surface area contributed by atoms with E-state index in [1.165, 1.54) is 5.56 Å². The van der Waals surface area contributed by atoms with Crippen molar-refractivity contribution in [2.45, 2.75) is 72.6 Å². The first-order valence-corrected chi connectivity index (χ1v) is 16.1. The van der Waals surface area contributed by atoms with Crippen LogP contribution in [0.2, 0.25) is 0 Å². The zero-order valence-corrected chi connectivity index (χ0v) is 27.9. The number of hydrogen-bond donors (Lipinski definition) is 1. The molecule has 8 heteroatoms. The molecule has 5 rings (SSSR count). The van der Waals surface area contributed by atoms with Gasteiger partial charge in [0.05, 0.1) is 10.2 Å². The molecule has 0 unspecified atom stereocenters. The molecule has 7 nitrogen and oxygen atoms in total. The first-order chi connectivity index (χ1) is 20.3.